The van der Waals surface area contributed by atoms with Crippen LogP contribution >= 0.6 is 0 Å². The van der Waals surface area contributed by atoms with Crippen molar-refractivity contribution in [3.05, 3.63) is 54.1 Å². The van der Waals surface area contributed by atoms with E-state index in [-0.39, 0.29) is 10.8 Å². The van der Waals surface area contributed by atoms with Gasteiger partial charge in [0, 0.05) is 25.2 Å². The molecule has 2 aromatic carbocycles. The van der Waals surface area contributed by atoms with Crippen LogP contribution in [0.4, 0.5) is 5.69 Å². The first-order valence-electron chi connectivity index (χ1n) is 9.83. The quantitative estimate of drug-likeness (QED) is 0.727. The third kappa shape index (κ3) is 4.71. The summed E-state index contributed by atoms with van der Waals surface area (Å²) in [6.07, 6.45) is -0.421. The van der Waals surface area contributed by atoms with Gasteiger partial charge < -0.3 is 19.6 Å². The Balaban J connectivity index is 1.36. The highest BCUT2D eigenvalue weighted by Gasteiger charge is 2.29. The molecule has 0 aliphatic carbocycles. The van der Waals surface area contributed by atoms with Gasteiger partial charge in [-0.2, -0.15) is 4.31 Å². The van der Waals surface area contributed by atoms with E-state index in [0.29, 0.717) is 44.1 Å². The second-order valence-corrected chi connectivity index (χ2v) is 9.03. The number of nitrogens with zero attached hydrogens (tertiary/aromatic N) is 2. The summed E-state index contributed by atoms with van der Waals surface area (Å²) in [6, 6.07) is 13.4. The van der Waals surface area contributed by atoms with Crippen molar-refractivity contribution in [2.75, 3.05) is 38.7 Å². The maximum absolute atomic E-state index is 12.7. The molecular weight excluding hydrogens is 422 g/mol. The average Bonchev–Trinajstić information content (AvgIpc) is 3.31. The van der Waals surface area contributed by atoms with E-state index in [1.54, 1.807) is 19.2 Å². The van der Waals surface area contributed by atoms with E-state index in [9.17, 15) is 13.2 Å². The van der Waals surface area contributed by atoms with Gasteiger partial charge in [-0.3, -0.25) is 4.79 Å². The molecule has 2 aliphatic heterocycles. The van der Waals surface area contributed by atoms with Gasteiger partial charge in [0.05, 0.1) is 30.9 Å². The first-order chi connectivity index (χ1) is 15.0. The molecule has 31 heavy (non-hydrogen) atoms. The van der Waals surface area contributed by atoms with Gasteiger partial charge in [-0.25, -0.2) is 8.42 Å². The highest BCUT2D eigenvalue weighted by molar-refractivity contribution is 7.89. The number of rotatable bonds is 6. The normalized spacial score (nSPS) is 19.4. The number of hydrogen-bond acceptors (Lipinski definition) is 7. The van der Waals surface area contributed by atoms with Crippen LogP contribution in [0.25, 0.3) is 0 Å². The maximum Gasteiger partial charge on any atom is 0.268 e. The molecule has 0 aromatic heterocycles. The number of methoxy groups -OCH3 is 1. The van der Waals surface area contributed by atoms with Gasteiger partial charge in [0.25, 0.3) is 5.91 Å². The molecule has 9 nitrogen and oxygen atoms in total. The van der Waals surface area contributed by atoms with Crippen molar-refractivity contribution in [3.8, 4) is 5.75 Å². The largest absolute Gasteiger partial charge is 0.497 e. The van der Waals surface area contributed by atoms with Crippen LogP contribution < -0.4 is 10.1 Å². The van der Waals surface area contributed by atoms with Gasteiger partial charge in [0.1, 0.15) is 5.75 Å². The molecule has 4 rings (SSSR count). The molecule has 2 aromatic rings. The van der Waals surface area contributed by atoms with Crippen LogP contribution in [0.2, 0.25) is 0 Å². The zero-order valence-corrected chi connectivity index (χ0v) is 17.8. The molecule has 1 unspecified atom stereocenters. The van der Waals surface area contributed by atoms with Crippen molar-refractivity contribution < 1.29 is 27.5 Å². The lowest BCUT2D eigenvalue weighted by atomic mass is 10.0. The molecule has 164 valence electrons. The van der Waals surface area contributed by atoms with Crippen LogP contribution in [-0.2, 0) is 24.4 Å². The van der Waals surface area contributed by atoms with Crippen molar-refractivity contribution in [1.82, 2.24) is 4.31 Å². The molecule has 0 bridgehead atoms. The number of benzene rings is 2. The number of sulfonamides is 1. The fraction of sp³-hybridized carbons (Fsp3) is 0.333. The molecule has 1 fully saturated rings. The van der Waals surface area contributed by atoms with E-state index in [0.717, 1.165) is 11.3 Å². The predicted octanol–water partition coefficient (Wildman–Crippen LogP) is 1.85. The molecule has 0 spiro atoms. The number of carbonyl (C=O) groups excluding carboxylic acids is 1. The number of carbonyl (C=O) groups is 1. The summed E-state index contributed by atoms with van der Waals surface area (Å²) >= 11 is 0. The van der Waals surface area contributed by atoms with E-state index in [1.165, 1.54) is 16.4 Å². The monoisotopic (exact) mass is 445 g/mol. The minimum atomic E-state index is -3.58. The maximum atomic E-state index is 12.7. The van der Waals surface area contributed by atoms with Crippen molar-refractivity contribution in [2.24, 2.45) is 5.16 Å². The number of amides is 1. The topological polar surface area (TPSA) is 107 Å². The smallest absolute Gasteiger partial charge is 0.268 e. The number of anilines is 1. The summed E-state index contributed by atoms with van der Waals surface area (Å²) < 4.78 is 37.1. The fourth-order valence-corrected chi connectivity index (χ4v) is 4.75. The van der Waals surface area contributed by atoms with Gasteiger partial charge >= 0.3 is 0 Å². The van der Waals surface area contributed by atoms with Crippen LogP contribution in [0.1, 0.15) is 12.0 Å². The molecule has 1 atom stereocenters. The van der Waals surface area contributed by atoms with Crippen molar-refractivity contribution in [1.29, 1.82) is 0 Å². The van der Waals surface area contributed by atoms with Crippen LogP contribution in [0, 0.1) is 0 Å². The zero-order chi connectivity index (χ0) is 21.8. The van der Waals surface area contributed by atoms with Crippen molar-refractivity contribution in [2.45, 2.75) is 17.4 Å². The molecule has 1 saturated heterocycles. The molecule has 2 heterocycles. The molecule has 10 heteroatoms. The van der Waals surface area contributed by atoms with E-state index in [2.05, 4.69) is 10.5 Å². The second kappa shape index (κ2) is 9.04. The van der Waals surface area contributed by atoms with Gasteiger partial charge in [0.15, 0.2) is 0 Å². The Morgan fingerprint density at radius 3 is 2.42 bits per heavy atom. The first-order valence-corrected chi connectivity index (χ1v) is 11.3. The Morgan fingerprint density at radius 1 is 1.10 bits per heavy atom. The Bertz CT molecular complexity index is 1060. The average molecular weight is 445 g/mol. The molecule has 0 radical (unpaired) electrons. The number of hydrogen-bond donors (Lipinski definition) is 1. The Labute approximate surface area is 180 Å². The Hall–Kier alpha value is -2.95. The number of oxime groups is 1. The van der Waals surface area contributed by atoms with Crippen LogP contribution in [0.5, 0.6) is 5.75 Å². The molecule has 2 aliphatic rings. The first kappa shape index (κ1) is 21.3. The second-order valence-electron chi connectivity index (χ2n) is 7.09. The van der Waals surface area contributed by atoms with Crippen molar-refractivity contribution in [3.63, 3.8) is 0 Å². The fourth-order valence-electron chi connectivity index (χ4n) is 3.34. The lowest BCUT2D eigenvalue weighted by Gasteiger charge is -2.26. The lowest BCUT2D eigenvalue weighted by Crippen LogP contribution is -2.40. The standard InChI is InChI=1S/C21H23N3O6S/c1-28-17-6-2-15(3-7-17)19-14-20(30-23-19)21(25)22-16-4-8-18(9-5-16)31(26,27)24-10-12-29-13-11-24/h2-9,20H,10-14H2,1H3,(H,22,25). The zero-order valence-electron chi connectivity index (χ0n) is 17.0. The predicted molar refractivity (Wildman–Crippen MR) is 114 cm³/mol. The SMILES string of the molecule is COc1ccc(C2=NOC(C(=O)Nc3ccc(S(=O)(=O)N4CCOCC4)cc3)C2)cc1. The van der Waals surface area contributed by atoms with Gasteiger partial charge in [-0.05, 0) is 54.1 Å². The number of ether oxygens (including phenoxy) is 2. The lowest BCUT2D eigenvalue weighted by molar-refractivity contribution is -0.125. The summed E-state index contributed by atoms with van der Waals surface area (Å²) in [6.45, 7) is 1.43. The summed E-state index contributed by atoms with van der Waals surface area (Å²) in [5.41, 5.74) is 2.01. The van der Waals surface area contributed by atoms with Crippen LogP contribution in [0.3, 0.4) is 0 Å². The summed E-state index contributed by atoms with van der Waals surface area (Å²) in [5.74, 6) is 0.382. The van der Waals surface area contributed by atoms with E-state index in [1.807, 2.05) is 24.3 Å². The highest BCUT2D eigenvalue weighted by Crippen LogP contribution is 2.22. The number of nitrogens with one attached hydrogen (secondary N) is 1. The van der Waals surface area contributed by atoms with E-state index >= 15 is 0 Å². The van der Waals surface area contributed by atoms with Crippen molar-refractivity contribution >= 4 is 27.3 Å². The summed E-state index contributed by atoms with van der Waals surface area (Å²) in [5, 5.41) is 6.77. The Morgan fingerprint density at radius 2 is 1.77 bits per heavy atom. The minimum Gasteiger partial charge on any atom is -0.497 e. The molecule has 1 amide bonds. The summed E-state index contributed by atoms with van der Waals surface area (Å²) in [4.78, 5) is 18.0. The molecule has 1 N–H and O–H groups in total. The minimum absolute atomic E-state index is 0.176. The summed E-state index contributed by atoms with van der Waals surface area (Å²) in [7, 11) is -1.98. The number of morpholine rings is 1. The third-order valence-electron chi connectivity index (χ3n) is 5.11. The van der Waals surface area contributed by atoms with Gasteiger partial charge in [-0.1, -0.05) is 5.16 Å². The van der Waals surface area contributed by atoms with E-state index < -0.39 is 16.1 Å². The van der Waals surface area contributed by atoms with Crippen LogP contribution in [0.15, 0.2) is 58.6 Å². The van der Waals surface area contributed by atoms with Crippen LogP contribution in [-0.4, -0.2) is 63.9 Å². The van der Waals surface area contributed by atoms with E-state index in [4.69, 9.17) is 14.3 Å². The van der Waals surface area contributed by atoms with Gasteiger partial charge in [0.2, 0.25) is 16.1 Å². The molecular formula is C21H23N3O6S. The highest BCUT2D eigenvalue weighted by atomic mass is 32.2. The third-order valence-corrected chi connectivity index (χ3v) is 7.03. The Kier molecular flexibility index (Phi) is 6.21. The molecule has 0 saturated carbocycles. The van der Waals surface area contributed by atoms with Gasteiger partial charge in [-0.15, -0.1) is 0 Å².